The summed E-state index contributed by atoms with van der Waals surface area (Å²) in [5.41, 5.74) is 1.08. The zero-order valence-corrected chi connectivity index (χ0v) is 9.89. The number of nitrogens with one attached hydrogen (secondary N) is 1. The van der Waals surface area contributed by atoms with Crippen molar-refractivity contribution in [3.63, 3.8) is 0 Å². The Kier molecular flexibility index (Phi) is 3.72. The maximum absolute atomic E-state index is 9.77. The summed E-state index contributed by atoms with van der Waals surface area (Å²) in [6.07, 6.45) is 4.25. The number of hydrogen-bond acceptors (Lipinski definition) is 4. The summed E-state index contributed by atoms with van der Waals surface area (Å²) < 4.78 is 0. The minimum Gasteiger partial charge on any atom is -0.392 e. The third kappa shape index (κ3) is 3.00. The van der Waals surface area contributed by atoms with Crippen LogP contribution in [0.15, 0.2) is 5.38 Å². The molecule has 2 N–H and O–H groups in total. The summed E-state index contributed by atoms with van der Waals surface area (Å²) in [7, 11) is 0. The zero-order chi connectivity index (χ0) is 10.7. The molecule has 0 bridgehead atoms. The second-order valence-electron chi connectivity index (χ2n) is 4.22. The second-order valence-corrected chi connectivity index (χ2v) is 5.16. The van der Waals surface area contributed by atoms with E-state index >= 15 is 0 Å². The summed E-state index contributed by atoms with van der Waals surface area (Å²) >= 11 is 1.68. The number of hydrogen-bond donors (Lipinski definition) is 2. The van der Waals surface area contributed by atoms with Gasteiger partial charge >= 0.3 is 0 Å². The van der Waals surface area contributed by atoms with E-state index in [1.807, 2.05) is 6.92 Å². The Labute approximate surface area is 94.5 Å². The van der Waals surface area contributed by atoms with Crippen LogP contribution in [0, 0.1) is 6.92 Å². The van der Waals surface area contributed by atoms with Crippen molar-refractivity contribution in [3.8, 4) is 0 Å². The van der Waals surface area contributed by atoms with Crippen LogP contribution in [-0.2, 0) is 6.54 Å². The van der Waals surface area contributed by atoms with Crippen LogP contribution in [0.3, 0.4) is 0 Å². The first kappa shape index (κ1) is 11.0. The molecule has 0 aliphatic heterocycles. The van der Waals surface area contributed by atoms with Gasteiger partial charge in [-0.25, -0.2) is 4.98 Å². The van der Waals surface area contributed by atoms with Gasteiger partial charge in [-0.2, -0.15) is 0 Å². The molecule has 0 aromatic carbocycles. The van der Waals surface area contributed by atoms with Crippen LogP contribution in [0.1, 0.15) is 36.4 Å². The molecule has 1 aliphatic carbocycles. The van der Waals surface area contributed by atoms with Crippen molar-refractivity contribution in [1.29, 1.82) is 0 Å². The molecule has 1 heterocycles. The van der Waals surface area contributed by atoms with Crippen LogP contribution in [0.5, 0.6) is 0 Å². The lowest BCUT2D eigenvalue weighted by atomic mass is 9.93. The van der Waals surface area contributed by atoms with Crippen LogP contribution < -0.4 is 5.32 Å². The van der Waals surface area contributed by atoms with Gasteiger partial charge in [0.25, 0.3) is 0 Å². The number of thiazole rings is 1. The SMILES string of the molecule is Cc1csc(CN[C@H]2CCCC[C@@H]2O)n1. The minimum atomic E-state index is -0.167. The van der Waals surface area contributed by atoms with Gasteiger partial charge in [0.1, 0.15) is 5.01 Å². The first-order valence-corrected chi connectivity index (χ1v) is 6.46. The molecule has 84 valence electrons. The van der Waals surface area contributed by atoms with Gasteiger partial charge in [-0.05, 0) is 19.8 Å². The van der Waals surface area contributed by atoms with Crippen molar-refractivity contribution in [3.05, 3.63) is 16.1 Å². The highest BCUT2D eigenvalue weighted by molar-refractivity contribution is 7.09. The fourth-order valence-electron chi connectivity index (χ4n) is 2.05. The van der Waals surface area contributed by atoms with E-state index in [2.05, 4.69) is 15.7 Å². The molecule has 1 saturated carbocycles. The molecular formula is C11H18N2OS. The van der Waals surface area contributed by atoms with Crippen LogP contribution in [0.4, 0.5) is 0 Å². The van der Waals surface area contributed by atoms with Crippen LogP contribution in [0.2, 0.25) is 0 Å². The number of aryl methyl sites for hydroxylation is 1. The monoisotopic (exact) mass is 226 g/mol. The molecule has 1 fully saturated rings. The molecule has 0 saturated heterocycles. The van der Waals surface area contributed by atoms with E-state index in [-0.39, 0.29) is 12.1 Å². The predicted molar refractivity (Wildman–Crippen MR) is 62.0 cm³/mol. The Bertz CT molecular complexity index is 313. The molecule has 0 radical (unpaired) electrons. The second kappa shape index (κ2) is 5.05. The first-order valence-electron chi connectivity index (χ1n) is 5.58. The van der Waals surface area contributed by atoms with Gasteiger partial charge in [0, 0.05) is 23.7 Å². The van der Waals surface area contributed by atoms with Crippen molar-refractivity contribution in [1.82, 2.24) is 10.3 Å². The Morgan fingerprint density at radius 2 is 2.33 bits per heavy atom. The van der Waals surface area contributed by atoms with E-state index < -0.39 is 0 Å². The molecule has 2 rings (SSSR count). The lowest BCUT2D eigenvalue weighted by Gasteiger charge is -2.28. The van der Waals surface area contributed by atoms with Gasteiger partial charge in [0.05, 0.1) is 6.10 Å². The fraction of sp³-hybridized carbons (Fsp3) is 0.727. The highest BCUT2D eigenvalue weighted by Gasteiger charge is 2.22. The average Bonchev–Trinajstić information content (AvgIpc) is 2.63. The van der Waals surface area contributed by atoms with Crippen molar-refractivity contribution in [2.24, 2.45) is 0 Å². The van der Waals surface area contributed by atoms with E-state index in [4.69, 9.17) is 0 Å². The maximum atomic E-state index is 9.77. The van der Waals surface area contributed by atoms with Crippen molar-refractivity contribution in [2.45, 2.75) is 51.3 Å². The smallest absolute Gasteiger partial charge is 0.107 e. The minimum absolute atomic E-state index is 0.167. The highest BCUT2D eigenvalue weighted by Crippen LogP contribution is 2.19. The lowest BCUT2D eigenvalue weighted by Crippen LogP contribution is -2.41. The summed E-state index contributed by atoms with van der Waals surface area (Å²) in [6.45, 7) is 2.80. The van der Waals surface area contributed by atoms with Crippen molar-refractivity contribution < 1.29 is 5.11 Å². The Balaban J connectivity index is 1.81. The number of aromatic nitrogens is 1. The van der Waals surface area contributed by atoms with E-state index in [1.54, 1.807) is 11.3 Å². The molecule has 3 nitrogen and oxygen atoms in total. The quantitative estimate of drug-likeness (QED) is 0.826. The normalized spacial score (nSPS) is 26.8. The molecule has 15 heavy (non-hydrogen) atoms. The third-order valence-corrected chi connectivity index (χ3v) is 3.88. The molecule has 0 amide bonds. The van der Waals surface area contributed by atoms with Gasteiger partial charge in [-0.15, -0.1) is 11.3 Å². The fourth-order valence-corrected chi connectivity index (χ4v) is 2.77. The molecule has 1 aromatic rings. The van der Waals surface area contributed by atoms with E-state index in [9.17, 15) is 5.11 Å². The molecule has 1 aromatic heterocycles. The predicted octanol–water partition coefficient (Wildman–Crippen LogP) is 1.84. The van der Waals surface area contributed by atoms with Gasteiger partial charge < -0.3 is 10.4 Å². The van der Waals surface area contributed by atoms with Crippen LogP contribution >= 0.6 is 11.3 Å². The molecule has 1 aliphatic rings. The number of aliphatic hydroxyl groups excluding tert-OH is 1. The largest absolute Gasteiger partial charge is 0.392 e. The summed E-state index contributed by atoms with van der Waals surface area (Å²) in [6, 6.07) is 0.267. The van der Waals surface area contributed by atoms with E-state index in [1.165, 1.54) is 6.42 Å². The molecule has 0 spiro atoms. The van der Waals surface area contributed by atoms with Crippen LogP contribution in [-0.4, -0.2) is 22.2 Å². The highest BCUT2D eigenvalue weighted by atomic mass is 32.1. The molecule has 0 unspecified atom stereocenters. The lowest BCUT2D eigenvalue weighted by molar-refractivity contribution is 0.0902. The summed E-state index contributed by atoms with van der Waals surface area (Å²) in [5.74, 6) is 0. The Morgan fingerprint density at radius 3 is 3.00 bits per heavy atom. The summed E-state index contributed by atoms with van der Waals surface area (Å²) in [5, 5.41) is 16.4. The van der Waals surface area contributed by atoms with E-state index in [0.717, 1.165) is 36.5 Å². The molecular weight excluding hydrogens is 208 g/mol. The number of rotatable bonds is 3. The van der Waals surface area contributed by atoms with Gasteiger partial charge in [0.15, 0.2) is 0 Å². The number of nitrogens with zero attached hydrogens (tertiary/aromatic N) is 1. The third-order valence-electron chi connectivity index (χ3n) is 2.91. The standard InChI is InChI=1S/C11H18N2OS/c1-8-7-15-11(13-8)6-12-9-4-2-3-5-10(9)14/h7,9-10,12,14H,2-6H2,1H3/t9-,10-/m0/s1. The topological polar surface area (TPSA) is 45.1 Å². The Morgan fingerprint density at radius 1 is 1.53 bits per heavy atom. The van der Waals surface area contributed by atoms with Crippen molar-refractivity contribution >= 4 is 11.3 Å². The van der Waals surface area contributed by atoms with Crippen LogP contribution in [0.25, 0.3) is 0 Å². The van der Waals surface area contributed by atoms with Gasteiger partial charge in [-0.3, -0.25) is 0 Å². The summed E-state index contributed by atoms with van der Waals surface area (Å²) in [4.78, 5) is 4.39. The Hall–Kier alpha value is -0.450. The number of aliphatic hydroxyl groups is 1. The first-order chi connectivity index (χ1) is 7.25. The van der Waals surface area contributed by atoms with Crippen molar-refractivity contribution in [2.75, 3.05) is 0 Å². The maximum Gasteiger partial charge on any atom is 0.107 e. The molecule has 4 heteroatoms. The van der Waals surface area contributed by atoms with E-state index in [0.29, 0.717) is 0 Å². The molecule has 2 atom stereocenters. The van der Waals surface area contributed by atoms with Gasteiger partial charge in [-0.1, -0.05) is 12.8 Å². The van der Waals surface area contributed by atoms with Gasteiger partial charge in [0.2, 0.25) is 0 Å². The average molecular weight is 226 g/mol. The zero-order valence-electron chi connectivity index (χ0n) is 9.07.